The first-order valence-electron chi connectivity index (χ1n) is 16.6. The molecule has 2 N–H and O–H groups in total. The third-order valence-corrected chi connectivity index (χ3v) is 33.9. The van der Waals surface area contributed by atoms with Gasteiger partial charge in [-0.25, -0.2) is 0 Å². The second kappa shape index (κ2) is 14.1. The van der Waals surface area contributed by atoms with E-state index in [1.54, 1.807) is 0 Å². The molecular formula is C29H76NO4SSi5-5. The Kier molecular flexibility index (Phi) is 14.6. The van der Waals surface area contributed by atoms with Gasteiger partial charge >= 0.3 is 262 Å². The third-order valence-electron chi connectivity index (χ3n) is 9.54. The van der Waals surface area contributed by atoms with E-state index in [-0.39, 0.29) is 20.4 Å². The summed E-state index contributed by atoms with van der Waals surface area (Å²) in [6.07, 6.45) is 2.12. The molecule has 0 saturated carbocycles. The maximum absolute atomic E-state index is 7.60. The zero-order chi connectivity index (χ0) is 32.3. The predicted octanol–water partition coefficient (Wildman–Crippen LogP) is 7.96. The van der Waals surface area contributed by atoms with Crippen molar-refractivity contribution in [2.24, 2.45) is 5.73 Å². The Hall–Kier alpha value is 1.23. The minimum atomic E-state index is -2.86. The summed E-state index contributed by atoms with van der Waals surface area (Å²) in [4.78, 5) is 0. The van der Waals surface area contributed by atoms with E-state index in [2.05, 4.69) is 140 Å². The molecule has 0 aromatic rings. The maximum atomic E-state index is 7.60. The topological polar surface area (TPSA) is 62.9 Å². The summed E-state index contributed by atoms with van der Waals surface area (Å²) >= 11 is 2.06. The summed E-state index contributed by atoms with van der Waals surface area (Å²) in [5.41, 5.74) is 6.07. The van der Waals surface area contributed by atoms with Crippen LogP contribution in [-0.4, -0.2) is 74.3 Å². The van der Waals surface area contributed by atoms with Gasteiger partial charge in [-0.15, -0.1) is 0 Å². The summed E-state index contributed by atoms with van der Waals surface area (Å²) < 4.78 is 29.3. The Bertz CT molecular complexity index is 791. The zero-order valence-electron chi connectivity index (χ0n) is 30.7. The van der Waals surface area contributed by atoms with Gasteiger partial charge in [-0.1, -0.05) is 0 Å². The molecule has 0 fully saturated rings. The molecule has 252 valence electrons. The van der Waals surface area contributed by atoms with Crippen LogP contribution in [0, 0.1) is 0 Å². The van der Waals surface area contributed by atoms with Crippen LogP contribution in [0.5, 0.6) is 0 Å². The van der Waals surface area contributed by atoms with Gasteiger partial charge < -0.3 is 0 Å². The molecule has 0 atom stereocenters. The summed E-state index contributed by atoms with van der Waals surface area (Å²) in [5, 5.41) is -0.927. The molecule has 0 unspecified atom stereocenters. The quantitative estimate of drug-likeness (QED) is 0.118. The second-order valence-electron chi connectivity index (χ2n) is 18.8. The molecule has 0 bridgehead atoms. The fraction of sp³-hybridized carbons (Fsp3) is 1.00. The van der Waals surface area contributed by atoms with E-state index in [0.717, 1.165) is 30.7 Å². The van der Waals surface area contributed by atoms with Crippen molar-refractivity contribution in [1.29, 1.82) is 0 Å². The molecule has 0 saturated heterocycles. The first-order valence-corrected chi connectivity index (χ1v) is 34.9. The van der Waals surface area contributed by atoms with Gasteiger partial charge in [0.25, 0.3) is 0 Å². The van der Waals surface area contributed by atoms with Gasteiger partial charge in [0.2, 0.25) is 0 Å². The van der Waals surface area contributed by atoms with Crippen LogP contribution >= 0.6 is 11.8 Å². The Morgan fingerprint density at radius 1 is 0.550 bits per heavy atom. The Morgan fingerprint density at radius 2 is 0.950 bits per heavy atom. The van der Waals surface area contributed by atoms with Crippen LogP contribution in [0.4, 0.5) is 0 Å². The molecule has 0 aliphatic heterocycles. The Balaban J connectivity index is 6.63. The van der Waals surface area contributed by atoms with Crippen LogP contribution < -0.4 is 5.73 Å². The normalized spacial score (nSPS) is 17.6. The average molecular weight is 675 g/mol. The van der Waals surface area contributed by atoms with Crippen molar-refractivity contribution in [1.82, 2.24) is 0 Å². The fourth-order valence-electron chi connectivity index (χ4n) is 6.34. The molecule has 0 aromatic heterocycles. The van der Waals surface area contributed by atoms with Crippen molar-refractivity contribution in [3.63, 3.8) is 0 Å². The van der Waals surface area contributed by atoms with Crippen molar-refractivity contribution in [3.05, 3.63) is 0 Å². The van der Waals surface area contributed by atoms with E-state index in [4.69, 9.17) is 23.1 Å². The van der Waals surface area contributed by atoms with E-state index in [9.17, 15) is 0 Å². The van der Waals surface area contributed by atoms with Crippen LogP contribution in [0.1, 0.15) is 75.2 Å². The molecule has 5 nitrogen and oxygen atoms in total. The minimum absolute atomic E-state index is 0.268. The van der Waals surface area contributed by atoms with E-state index < -0.39 is 41.6 Å². The van der Waals surface area contributed by atoms with Gasteiger partial charge in [-0.2, -0.15) is 0 Å². The van der Waals surface area contributed by atoms with Crippen LogP contribution in [0.2, 0.25) is 77.6 Å². The van der Waals surface area contributed by atoms with E-state index >= 15 is 0 Å². The summed E-state index contributed by atoms with van der Waals surface area (Å²) in [7, 11) is -12.3. The number of hydrogen-bond acceptors (Lipinski definition) is 6. The van der Waals surface area contributed by atoms with E-state index in [1.165, 1.54) is 0 Å². The Labute approximate surface area is 260 Å². The molecule has 0 aromatic carbocycles. The molecule has 11 heteroatoms. The first-order chi connectivity index (χ1) is 17.3. The van der Waals surface area contributed by atoms with Crippen LogP contribution in [0.15, 0.2) is 0 Å². The van der Waals surface area contributed by atoms with Crippen molar-refractivity contribution in [2.75, 3.05) is 12.3 Å². The molecular weight excluding hydrogens is 599 g/mol. The number of rotatable bonds is 18. The van der Waals surface area contributed by atoms with Gasteiger partial charge in [-0.05, 0) is 0 Å². The summed E-state index contributed by atoms with van der Waals surface area (Å²) in [6, 6.07) is 2.12. The van der Waals surface area contributed by atoms with E-state index in [1.807, 2.05) is 0 Å². The van der Waals surface area contributed by atoms with Gasteiger partial charge in [0.15, 0.2) is 0 Å². The molecule has 0 aliphatic rings. The van der Waals surface area contributed by atoms with Gasteiger partial charge in [0.05, 0.1) is 0 Å². The van der Waals surface area contributed by atoms with Crippen molar-refractivity contribution < 1.29 is 17.4 Å². The second-order valence-corrected chi connectivity index (χ2v) is 46.8. The molecule has 40 heavy (non-hydrogen) atoms. The monoisotopic (exact) mass is 674 g/mol. The van der Waals surface area contributed by atoms with Gasteiger partial charge in [0.1, 0.15) is 0 Å². The molecule has 0 amide bonds. The summed E-state index contributed by atoms with van der Waals surface area (Å²) in [6.45, 7) is 45.1. The SMILES string of the molecule is CC(C)(C)SCCC[SiH-](C)(OC(C)(C)[SiH-](C)(C)O[SiH-](C)(C)C)C(C)(C)O[SiH-](C)(CCCN)C(C)(C)O[SiH-](C)(C)C. The van der Waals surface area contributed by atoms with Crippen molar-refractivity contribution in [2.45, 2.75) is 173 Å². The van der Waals surface area contributed by atoms with Crippen LogP contribution in [-0.2, 0) is 17.4 Å². The van der Waals surface area contributed by atoms with Gasteiger partial charge in [-0.3, -0.25) is 0 Å². The molecule has 0 heterocycles. The summed E-state index contributed by atoms with van der Waals surface area (Å²) in [5.74, 6) is 1.14. The predicted molar refractivity (Wildman–Crippen MR) is 201 cm³/mol. The number of thioether (sulfide) groups is 1. The number of nitrogens with two attached hydrogens (primary N) is 1. The average Bonchev–Trinajstić information content (AvgIpc) is 2.64. The fourth-order valence-corrected chi connectivity index (χ4v) is 32.4. The standard InChI is InChI=1S/C29H76NO4SSi5/c1-26(2,3)35-23-21-25-40(19,32-27(4,5)38(16,17)34-37(13,14)15)29(8,9)33-39(18,24-20-22-30)28(6,7)31-36(10,11)12/h36-40H,20-25,30H2,1-19H3/q-5. The van der Waals surface area contributed by atoms with Crippen molar-refractivity contribution >= 4 is 53.3 Å². The van der Waals surface area contributed by atoms with Crippen LogP contribution in [0.3, 0.4) is 0 Å². The Morgan fingerprint density at radius 3 is 1.32 bits per heavy atom. The van der Waals surface area contributed by atoms with Crippen LogP contribution in [0.25, 0.3) is 0 Å². The van der Waals surface area contributed by atoms with E-state index in [0.29, 0.717) is 6.54 Å². The van der Waals surface area contributed by atoms with Gasteiger partial charge in [0, 0.05) is 0 Å². The molecule has 0 rings (SSSR count). The zero-order valence-corrected chi connectivity index (χ0v) is 37.3. The first kappa shape index (κ1) is 41.2. The molecule has 0 radical (unpaired) electrons. The molecule has 0 aliphatic carbocycles. The molecule has 0 spiro atoms. The number of hydrogen-bond donors (Lipinski definition) is 1. The van der Waals surface area contributed by atoms with Crippen molar-refractivity contribution in [3.8, 4) is 0 Å². The third kappa shape index (κ3) is 13.1.